The summed E-state index contributed by atoms with van der Waals surface area (Å²) in [6, 6.07) is 7.63. The van der Waals surface area contributed by atoms with Crippen molar-refractivity contribution in [1.29, 1.82) is 5.26 Å². The van der Waals surface area contributed by atoms with Crippen molar-refractivity contribution >= 4 is 10.8 Å². The first-order chi connectivity index (χ1) is 9.22. The van der Waals surface area contributed by atoms with E-state index in [9.17, 15) is 4.21 Å². The molecule has 0 bridgehead atoms. The summed E-state index contributed by atoms with van der Waals surface area (Å²) in [5.74, 6) is 1.95. The van der Waals surface area contributed by atoms with Crippen molar-refractivity contribution in [2.75, 3.05) is 19.0 Å². The molecule has 0 N–H and O–H groups in total. The van der Waals surface area contributed by atoms with Gasteiger partial charge in [-0.1, -0.05) is 0 Å². The molecule has 0 saturated heterocycles. The molecule has 1 aromatic rings. The van der Waals surface area contributed by atoms with Crippen LogP contribution in [0.15, 0.2) is 23.1 Å². The molecule has 19 heavy (non-hydrogen) atoms. The van der Waals surface area contributed by atoms with E-state index in [2.05, 4.69) is 6.07 Å². The van der Waals surface area contributed by atoms with E-state index in [1.54, 1.807) is 6.07 Å². The molecule has 0 amide bonds. The monoisotopic (exact) mass is 277 g/mol. The molecule has 1 unspecified atom stereocenters. The second-order valence-corrected chi connectivity index (χ2v) is 6.58. The Morgan fingerprint density at radius 3 is 2.68 bits per heavy atom. The van der Waals surface area contributed by atoms with Crippen LogP contribution in [0.2, 0.25) is 0 Å². The van der Waals surface area contributed by atoms with Gasteiger partial charge in [-0.3, -0.25) is 4.21 Å². The van der Waals surface area contributed by atoms with E-state index in [0.717, 1.165) is 17.7 Å². The predicted octanol–water partition coefficient (Wildman–Crippen LogP) is 2.26. The van der Waals surface area contributed by atoms with Crippen LogP contribution in [0.4, 0.5) is 0 Å². The minimum Gasteiger partial charge on any atom is -0.486 e. The molecular formula is C14H15NO3S. The zero-order chi connectivity index (χ0) is 13.3. The number of ether oxygens (including phenoxy) is 2. The predicted molar refractivity (Wildman–Crippen MR) is 70.6 cm³/mol. The standard InChI is InChI=1S/C14H15NO3S/c15-6-5-14(3-4-14)10-19(16)11-1-2-12-13(9-11)18-8-7-17-12/h1-2,9H,3-5,7-8,10H2. The minimum atomic E-state index is -1.08. The highest BCUT2D eigenvalue weighted by atomic mass is 32.2. The molecule has 4 nitrogen and oxygen atoms in total. The number of hydrogen-bond donors (Lipinski definition) is 0. The minimum absolute atomic E-state index is 0.00707. The Labute approximate surface area is 114 Å². The van der Waals surface area contributed by atoms with Crippen molar-refractivity contribution in [3.05, 3.63) is 18.2 Å². The van der Waals surface area contributed by atoms with Gasteiger partial charge in [-0.05, 0) is 30.4 Å². The lowest BCUT2D eigenvalue weighted by Crippen LogP contribution is -2.16. The van der Waals surface area contributed by atoms with Gasteiger partial charge in [0.1, 0.15) is 13.2 Å². The summed E-state index contributed by atoms with van der Waals surface area (Å²) in [5.41, 5.74) is -0.00707. The van der Waals surface area contributed by atoms with Gasteiger partial charge in [0.25, 0.3) is 0 Å². The lowest BCUT2D eigenvalue weighted by molar-refractivity contribution is 0.171. The molecule has 1 atom stereocenters. The van der Waals surface area contributed by atoms with Gasteiger partial charge in [0.15, 0.2) is 11.5 Å². The Kier molecular flexibility index (Phi) is 3.19. The first-order valence-corrected chi connectivity index (χ1v) is 7.69. The first kappa shape index (κ1) is 12.5. The van der Waals surface area contributed by atoms with E-state index in [0.29, 0.717) is 36.9 Å². The van der Waals surface area contributed by atoms with E-state index in [-0.39, 0.29) is 5.41 Å². The molecule has 0 radical (unpaired) electrons. The maximum atomic E-state index is 12.4. The molecule has 1 aliphatic carbocycles. The number of hydrogen-bond acceptors (Lipinski definition) is 4. The molecule has 0 spiro atoms. The summed E-state index contributed by atoms with van der Waals surface area (Å²) >= 11 is 0. The molecule has 5 heteroatoms. The van der Waals surface area contributed by atoms with Crippen LogP contribution in [-0.2, 0) is 10.8 Å². The van der Waals surface area contributed by atoms with Gasteiger partial charge in [-0.2, -0.15) is 5.26 Å². The SMILES string of the molecule is N#CCC1(CS(=O)c2ccc3c(c2)OCCO3)CC1. The maximum absolute atomic E-state index is 12.4. The normalized spacial score (nSPS) is 20.4. The van der Waals surface area contributed by atoms with Gasteiger partial charge < -0.3 is 9.47 Å². The number of benzene rings is 1. The van der Waals surface area contributed by atoms with Crippen LogP contribution in [-0.4, -0.2) is 23.2 Å². The van der Waals surface area contributed by atoms with Crippen molar-refractivity contribution in [2.45, 2.75) is 24.2 Å². The first-order valence-electron chi connectivity index (χ1n) is 6.37. The molecule has 1 aromatic carbocycles. The van der Waals surface area contributed by atoms with Gasteiger partial charge in [-0.15, -0.1) is 0 Å². The summed E-state index contributed by atoms with van der Waals surface area (Å²) in [6.07, 6.45) is 2.52. The summed E-state index contributed by atoms with van der Waals surface area (Å²) in [4.78, 5) is 0.758. The van der Waals surface area contributed by atoms with Crippen molar-refractivity contribution in [3.8, 4) is 17.6 Å². The molecule has 100 valence electrons. The second-order valence-electron chi connectivity index (χ2n) is 5.13. The Morgan fingerprint density at radius 1 is 1.26 bits per heavy atom. The van der Waals surface area contributed by atoms with Crippen LogP contribution in [0.25, 0.3) is 0 Å². The zero-order valence-corrected chi connectivity index (χ0v) is 11.4. The molecule has 1 fully saturated rings. The molecule has 1 saturated carbocycles. The third-order valence-electron chi connectivity index (χ3n) is 3.62. The fourth-order valence-corrected chi connectivity index (χ4v) is 3.82. The Bertz CT molecular complexity index is 560. The van der Waals surface area contributed by atoms with E-state index in [4.69, 9.17) is 14.7 Å². The lowest BCUT2D eigenvalue weighted by Gasteiger charge is -2.19. The van der Waals surface area contributed by atoms with Gasteiger partial charge >= 0.3 is 0 Å². The van der Waals surface area contributed by atoms with Gasteiger partial charge in [0.05, 0.1) is 16.9 Å². The molecular weight excluding hydrogens is 262 g/mol. The smallest absolute Gasteiger partial charge is 0.162 e. The van der Waals surface area contributed by atoms with Crippen LogP contribution >= 0.6 is 0 Å². The number of rotatable bonds is 4. The van der Waals surface area contributed by atoms with Crippen LogP contribution in [0.3, 0.4) is 0 Å². The van der Waals surface area contributed by atoms with Gasteiger partial charge in [0.2, 0.25) is 0 Å². The maximum Gasteiger partial charge on any atom is 0.162 e. The highest BCUT2D eigenvalue weighted by Gasteiger charge is 2.44. The average Bonchev–Trinajstić information content (AvgIpc) is 3.18. The van der Waals surface area contributed by atoms with E-state index >= 15 is 0 Å². The highest BCUT2D eigenvalue weighted by Crippen LogP contribution is 2.49. The highest BCUT2D eigenvalue weighted by molar-refractivity contribution is 7.85. The summed E-state index contributed by atoms with van der Waals surface area (Å²) in [5, 5.41) is 8.80. The average molecular weight is 277 g/mol. The van der Waals surface area contributed by atoms with Crippen LogP contribution in [0.5, 0.6) is 11.5 Å². The fraction of sp³-hybridized carbons (Fsp3) is 0.500. The summed E-state index contributed by atoms with van der Waals surface area (Å²) in [6.45, 7) is 1.09. The zero-order valence-electron chi connectivity index (χ0n) is 10.6. The van der Waals surface area contributed by atoms with Crippen LogP contribution in [0, 0.1) is 16.7 Å². The summed E-state index contributed by atoms with van der Waals surface area (Å²) < 4.78 is 23.3. The third kappa shape index (κ3) is 2.59. The van der Waals surface area contributed by atoms with Crippen molar-refractivity contribution in [1.82, 2.24) is 0 Å². The quantitative estimate of drug-likeness (QED) is 0.847. The number of nitriles is 1. The lowest BCUT2D eigenvalue weighted by atomic mass is 10.1. The van der Waals surface area contributed by atoms with Crippen LogP contribution < -0.4 is 9.47 Å². The molecule has 3 rings (SSSR count). The van der Waals surface area contributed by atoms with Gasteiger partial charge in [-0.25, -0.2) is 0 Å². The Morgan fingerprint density at radius 2 is 2.00 bits per heavy atom. The third-order valence-corrected chi connectivity index (χ3v) is 5.28. The van der Waals surface area contributed by atoms with E-state index in [1.165, 1.54) is 0 Å². The largest absolute Gasteiger partial charge is 0.486 e. The Balaban J connectivity index is 1.75. The van der Waals surface area contributed by atoms with Crippen LogP contribution in [0.1, 0.15) is 19.3 Å². The molecule has 1 heterocycles. The van der Waals surface area contributed by atoms with Crippen molar-refractivity contribution < 1.29 is 13.7 Å². The molecule has 2 aliphatic rings. The number of fused-ring (bicyclic) bond motifs is 1. The summed E-state index contributed by atoms with van der Waals surface area (Å²) in [7, 11) is -1.08. The van der Waals surface area contributed by atoms with Crippen molar-refractivity contribution in [2.24, 2.45) is 5.41 Å². The van der Waals surface area contributed by atoms with E-state index < -0.39 is 10.8 Å². The Hall–Kier alpha value is -1.54. The fourth-order valence-electron chi connectivity index (χ4n) is 2.24. The van der Waals surface area contributed by atoms with Gasteiger partial charge in [0, 0.05) is 23.1 Å². The molecule has 1 aliphatic heterocycles. The van der Waals surface area contributed by atoms with Crippen molar-refractivity contribution in [3.63, 3.8) is 0 Å². The second kappa shape index (κ2) is 4.86. The molecule has 0 aromatic heterocycles. The topological polar surface area (TPSA) is 59.3 Å². The van der Waals surface area contributed by atoms with E-state index in [1.807, 2.05) is 12.1 Å². The number of nitrogens with zero attached hydrogens (tertiary/aromatic N) is 1.